The molecule has 0 saturated carbocycles. The van der Waals surface area contributed by atoms with Gasteiger partial charge in [0.1, 0.15) is 0 Å². The highest BCUT2D eigenvalue weighted by Gasteiger charge is 2.23. The summed E-state index contributed by atoms with van der Waals surface area (Å²) < 4.78 is 0. The molecule has 0 atom stereocenters. The topological polar surface area (TPSA) is 52.7 Å². The molecule has 0 bridgehead atoms. The summed E-state index contributed by atoms with van der Waals surface area (Å²) in [6.07, 6.45) is 3.46. The van der Waals surface area contributed by atoms with Gasteiger partial charge < -0.3 is 10.2 Å². The van der Waals surface area contributed by atoms with E-state index >= 15 is 0 Å². The maximum absolute atomic E-state index is 12.8. The lowest BCUT2D eigenvalue weighted by Gasteiger charge is -2.34. The van der Waals surface area contributed by atoms with Crippen LogP contribution in [-0.4, -0.2) is 54.3 Å². The van der Waals surface area contributed by atoms with E-state index in [9.17, 15) is 9.59 Å². The van der Waals surface area contributed by atoms with Crippen LogP contribution in [0.2, 0.25) is 0 Å². The second kappa shape index (κ2) is 8.37. The largest absolute Gasteiger partial charge is 0.336 e. The molecule has 0 spiro atoms. The molecule has 0 aromatic heterocycles. The first-order valence-corrected chi connectivity index (χ1v) is 10.5. The van der Waals surface area contributed by atoms with E-state index in [0.717, 1.165) is 29.7 Å². The fraction of sp³-hybridized carbons (Fsp3) is 0.417. The highest BCUT2D eigenvalue weighted by Crippen LogP contribution is 2.24. The molecule has 0 unspecified atom stereocenters. The van der Waals surface area contributed by atoms with E-state index in [1.54, 1.807) is 0 Å². The maximum Gasteiger partial charge on any atom is 0.253 e. The summed E-state index contributed by atoms with van der Waals surface area (Å²) in [5.41, 5.74) is 6.74. The fourth-order valence-corrected chi connectivity index (χ4v) is 4.22. The summed E-state index contributed by atoms with van der Waals surface area (Å²) in [6.45, 7) is 7.18. The Morgan fingerprint density at radius 3 is 2.41 bits per heavy atom. The standard InChI is InChI=1S/C24H29N3O2/c1-17-6-7-21(14-18(17)2)24(29)27-12-10-26(11-13-27)16-23(28)25-22-9-8-19-4-3-5-20(19)15-22/h6-9,14-15H,3-5,10-13,16H2,1-2H3,(H,25,28). The van der Waals surface area contributed by atoms with Crippen LogP contribution in [0.1, 0.15) is 39.0 Å². The number of piperazine rings is 1. The van der Waals surface area contributed by atoms with E-state index < -0.39 is 0 Å². The molecule has 2 amide bonds. The average Bonchev–Trinajstić information content (AvgIpc) is 3.18. The van der Waals surface area contributed by atoms with Crippen LogP contribution in [0.5, 0.6) is 0 Å². The number of nitrogens with one attached hydrogen (secondary N) is 1. The van der Waals surface area contributed by atoms with Gasteiger partial charge >= 0.3 is 0 Å². The molecule has 2 aromatic carbocycles. The first kappa shape index (κ1) is 19.6. The molecule has 2 aliphatic rings. The number of carbonyl (C=O) groups is 2. The predicted octanol–water partition coefficient (Wildman–Crippen LogP) is 3.19. The van der Waals surface area contributed by atoms with Gasteiger partial charge in [-0.05, 0) is 79.6 Å². The van der Waals surface area contributed by atoms with Crippen molar-refractivity contribution in [3.63, 3.8) is 0 Å². The molecular formula is C24H29N3O2. The van der Waals surface area contributed by atoms with Crippen LogP contribution < -0.4 is 5.32 Å². The van der Waals surface area contributed by atoms with Crippen LogP contribution in [0.4, 0.5) is 5.69 Å². The van der Waals surface area contributed by atoms with Crippen LogP contribution in [-0.2, 0) is 17.6 Å². The molecule has 1 heterocycles. The molecule has 2 aromatic rings. The minimum absolute atomic E-state index is 0.0110. The molecule has 1 N–H and O–H groups in total. The van der Waals surface area contributed by atoms with E-state index in [2.05, 4.69) is 29.3 Å². The zero-order chi connectivity index (χ0) is 20.4. The summed E-state index contributed by atoms with van der Waals surface area (Å²) in [5, 5.41) is 3.03. The summed E-state index contributed by atoms with van der Waals surface area (Å²) in [6, 6.07) is 12.1. The molecule has 1 fully saturated rings. The predicted molar refractivity (Wildman–Crippen MR) is 115 cm³/mol. The molecule has 5 nitrogen and oxygen atoms in total. The van der Waals surface area contributed by atoms with Crippen molar-refractivity contribution in [3.05, 3.63) is 64.2 Å². The summed E-state index contributed by atoms with van der Waals surface area (Å²) in [5.74, 6) is 0.0900. The zero-order valence-electron chi connectivity index (χ0n) is 17.3. The monoisotopic (exact) mass is 391 g/mol. The first-order valence-electron chi connectivity index (χ1n) is 10.5. The maximum atomic E-state index is 12.8. The second-order valence-corrected chi connectivity index (χ2v) is 8.25. The Hall–Kier alpha value is -2.66. The number of benzene rings is 2. The summed E-state index contributed by atoms with van der Waals surface area (Å²) in [4.78, 5) is 29.2. The van der Waals surface area contributed by atoms with Gasteiger partial charge in [-0.25, -0.2) is 0 Å². The Bertz CT molecular complexity index is 930. The Morgan fingerprint density at radius 2 is 1.66 bits per heavy atom. The van der Waals surface area contributed by atoms with E-state index in [1.165, 1.54) is 23.1 Å². The van der Waals surface area contributed by atoms with Crippen molar-refractivity contribution < 1.29 is 9.59 Å². The van der Waals surface area contributed by atoms with Gasteiger partial charge in [-0.2, -0.15) is 0 Å². The Morgan fingerprint density at radius 1 is 0.897 bits per heavy atom. The minimum Gasteiger partial charge on any atom is -0.336 e. The summed E-state index contributed by atoms with van der Waals surface area (Å²) in [7, 11) is 0. The molecule has 29 heavy (non-hydrogen) atoms. The number of carbonyl (C=O) groups excluding carboxylic acids is 2. The van der Waals surface area contributed by atoms with E-state index in [1.807, 2.05) is 36.1 Å². The van der Waals surface area contributed by atoms with Crippen molar-refractivity contribution in [1.29, 1.82) is 0 Å². The van der Waals surface area contributed by atoms with E-state index in [4.69, 9.17) is 0 Å². The number of aryl methyl sites for hydroxylation is 4. The van der Waals surface area contributed by atoms with Crippen molar-refractivity contribution in [1.82, 2.24) is 9.80 Å². The van der Waals surface area contributed by atoms with Crippen molar-refractivity contribution in [2.45, 2.75) is 33.1 Å². The molecule has 1 aliphatic carbocycles. The molecule has 4 rings (SSSR count). The molecule has 5 heteroatoms. The second-order valence-electron chi connectivity index (χ2n) is 8.25. The average molecular weight is 392 g/mol. The van der Waals surface area contributed by atoms with E-state index in [-0.39, 0.29) is 11.8 Å². The highest BCUT2D eigenvalue weighted by atomic mass is 16.2. The van der Waals surface area contributed by atoms with Crippen LogP contribution in [0.3, 0.4) is 0 Å². The number of anilines is 1. The van der Waals surface area contributed by atoms with Crippen LogP contribution >= 0.6 is 0 Å². The molecule has 1 saturated heterocycles. The summed E-state index contributed by atoms with van der Waals surface area (Å²) >= 11 is 0. The molecule has 1 aliphatic heterocycles. The zero-order valence-corrected chi connectivity index (χ0v) is 17.3. The van der Waals surface area contributed by atoms with Gasteiger partial charge in [0.25, 0.3) is 5.91 Å². The van der Waals surface area contributed by atoms with Crippen LogP contribution in [0.15, 0.2) is 36.4 Å². The van der Waals surface area contributed by atoms with Gasteiger partial charge in [0.05, 0.1) is 6.54 Å². The normalized spacial score (nSPS) is 16.6. The van der Waals surface area contributed by atoms with Crippen LogP contribution in [0.25, 0.3) is 0 Å². The van der Waals surface area contributed by atoms with Gasteiger partial charge in [0, 0.05) is 37.4 Å². The third-order valence-corrected chi connectivity index (χ3v) is 6.16. The third-order valence-electron chi connectivity index (χ3n) is 6.16. The van der Waals surface area contributed by atoms with Crippen molar-refractivity contribution in [2.24, 2.45) is 0 Å². The molecule has 152 valence electrons. The van der Waals surface area contributed by atoms with Gasteiger partial charge in [0.2, 0.25) is 5.91 Å². The Kier molecular flexibility index (Phi) is 5.67. The minimum atomic E-state index is 0.0110. The number of rotatable bonds is 4. The lowest BCUT2D eigenvalue weighted by atomic mass is 10.1. The number of amides is 2. The molecule has 0 radical (unpaired) electrons. The van der Waals surface area contributed by atoms with Crippen molar-refractivity contribution in [3.8, 4) is 0 Å². The number of hydrogen-bond donors (Lipinski definition) is 1. The van der Waals surface area contributed by atoms with Crippen molar-refractivity contribution in [2.75, 3.05) is 38.0 Å². The lowest BCUT2D eigenvalue weighted by molar-refractivity contribution is -0.117. The number of hydrogen-bond acceptors (Lipinski definition) is 3. The van der Waals surface area contributed by atoms with Crippen LogP contribution in [0, 0.1) is 13.8 Å². The first-order chi connectivity index (χ1) is 14.0. The van der Waals surface area contributed by atoms with Gasteiger partial charge in [-0.15, -0.1) is 0 Å². The number of nitrogens with zero attached hydrogens (tertiary/aromatic N) is 2. The quantitative estimate of drug-likeness (QED) is 0.871. The lowest BCUT2D eigenvalue weighted by Crippen LogP contribution is -2.50. The van der Waals surface area contributed by atoms with E-state index in [0.29, 0.717) is 32.7 Å². The van der Waals surface area contributed by atoms with Gasteiger partial charge in [0.15, 0.2) is 0 Å². The Labute approximate surface area is 172 Å². The Balaban J connectivity index is 1.27. The SMILES string of the molecule is Cc1ccc(C(=O)N2CCN(CC(=O)Nc3ccc4c(c3)CCC4)CC2)cc1C. The van der Waals surface area contributed by atoms with Gasteiger partial charge in [-0.1, -0.05) is 12.1 Å². The molecular weight excluding hydrogens is 362 g/mol. The number of fused-ring (bicyclic) bond motifs is 1. The van der Waals surface area contributed by atoms with Gasteiger partial charge in [-0.3, -0.25) is 14.5 Å². The fourth-order valence-electron chi connectivity index (χ4n) is 4.22. The highest BCUT2D eigenvalue weighted by molar-refractivity contribution is 5.95. The van der Waals surface area contributed by atoms with Crippen molar-refractivity contribution >= 4 is 17.5 Å². The third kappa shape index (κ3) is 4.51. The smallest absolute Gasteiger partial charge is 0.253 e.